The molecule has 0 heterocycles. The van der Waals surface area contributed by atoms with Crippen molar-refractivity contribution in [3.63, 3.8) is 0 Å². The summed E-state index contributed by atoms with van der Waals surface area (Å²) in [5.74, 6) is 0. The fourth-order valence-corrected chi connectivity index (χ4v) is 1.41. The van der Waals surface area contributed by atoms with E-state index in [4.69, 9.17) is 0 Å². The van der Waals surface area contributed by atoms with Crippen molar-refractivity contribution in [2.24, 2.45) is 4.99 Å². The minimum absolute atomic E-state index is 0.252. The molecule has 1 rings (SSSR count). The van der Waals surface area contributed by atoms with E-state index in [-0.39, 0.29) is 17.4 Å². The van der Waals surface area contributed by atoms with Gasteiger partial charge in [0.15, 0.2) is 0 Å². The van der Waals surface area contributed by atoms with Gasteiger partial charge in [-0.3, -0.25) is 4.21 Å². The van der Waals surface area contributed by atoms with Crippen LogP contribution in [0.3, 0.4) is 0 Å². The number of allylic oxidation sites excluding steroid dienone is 2. The number of aliphatic imine (C=N–C) groups is 1. The summed E-state index contributed by atoms with van der Waals surface area (Å²) in [5.41, 5.74) is 0. The fraction of sp³-hybridized carbons (Fsp3) is 0.286. The first-order valence-corrected chi connectivity index (χ1v) is 4.35. The highest BCUT2D eigenvalue weighted by molar-refractivity contribution is 7.83. The minimum Gasteiger partial charge on any atom is -0.769 e. The van der Waals surface area contributed by atoms with Crippen LogP contribution in [0.15, 0.2) is 28.1 Å². The minimum atomic E-state index is -2.21. The van der Waals surface area contributed by atoms with Crippen LogP contribution in [-0.2, 0) is 15.9 Å². The molecule has 4 nitrogen and oxygen atoms in total. The first-order chi connectivity index (χ1) is 5.74. The van der Waals surface area contributed by atoms with Crippen LogP contribution >= 0.6 is 0 Å². The molecule has 2 unspecified atom stereocenters. The third-order valence-corrected chi connectivity index (χ3v) is 2.19. The van der Waals surface area contributed by atoms with Crippen LogP contribution in [0, 0.1) is 0 Å². The van der Waals surface area contributed by atoms with Crippen LogP contribution < -0.4 is 0 Å². The smallest absolute Gasteiger partial charge is 0.235 e. The Kier molecular flexibility index (Phi) is 3.10. The van der Waals surface area contributed by atoms with Crippen molar-refractivity contribution >= 4 is 17.2 Å². The fourth-order valence-electron chi connectivity index (χ4n) is 0.913. The van der Waals surface area contributed by atoms with Crippen molar-refractivity contribution in [3.05, 3.63) is 23.1 Å². The quantitative estimate of drug-likeness (QED) is 0.354. The number of hydrogen-bond donors (Lipinski definition) is 0. The lowest BCUT2D eigenvalue weighted by Gasteiger charge is -2.15. The number of nitrogens with zero attached hydrogens (tertiary/aromatic N) is 1. The summed E-state index contributed by atoms with van der Waals surface area (Å²) in [6, 6.07) is -0.375. The number of isocyanates is 1. The van der Waals surface area contributed by atoms with E-state index in [0.717, 1.165) is 0 Å². The number of hydrogen-bond acceptors (Lipinski definition) is 4. The van der Waals surface area contributed by atoms with Crippen molar-refractivity contribution in [1.29, 1.82) is 0 Å². The van der Waals surface area contributed by atoms with E-state index in [1.54, 1.807) is 12.2 Å². The molecule has 0 aromatic rings. The molecule has 0 radical (unpaired) electrons. The molecule has 0 fully saturated rings. The van der Waals surface area contributed by atoms with Crippen LogP contribution in [0.1, 0.15) is 6.42 Å². The highest BCUT2D eigenvalue weighted by Gasteiger charge is 2.09. The maximum absolute atomic E-state index is 10.5. The lowest BCUT2D eigenvalue weighted by Crippen LogP contribution is -2.08. The van der Waals surface area contributed by atoms with Gasteiger partial charge in [0, 0.05) is 11.3 Å². The molecule has 0 bridgehead atoms. The molecule has 0 spiro atoms. The lowest BCUT2D eigenvalue weighted by molar-refractivity contribution is 0.539. The molecule has 2 atom stereocenters. The van der Waals surface area contributed by atoms with E-state index in [1.165, 1.54) is 12.2 Å². The Morgan fingerprint density at radius 1 is 1.75 bits per heavy atom. The van der Waals surface area contributed by atoms with E-state index in [9.17, 15) is 13.6 Å². The highest BCUT2D eigenvalue weighted by Crippen LogP contribution is 2.16. The highest BCUT2D eigenvalue weighted by atomic mass is 32.2. The van der Waals surface area contributed by atoms with Gasteiger partial charge in [0.05, 0.1) is 6.04 Å². The van der Waals surface area contributed by atoms with E-state index in [0.29, 0.717) is 0 Å². The first kappa shape index (κ1) is 9.06. The molecule has 1 aliphatic carbocycles. The van der Waals surface area contributed by atoms with Gasteiger partial charge in [-0.1, -0.05) is 18.2 Å². The molecule has 0 saturated heterocycles. The molecule has 0 aliphatic heterocycles. The summed E-state index contributed by atoms with van der Waals surface area (Å²) in [7, 11) is 0. The predicted molar refractivity (Wildman–Crippen MR) is 42.7 cm³/mol. The molecule has 0 amide bonds. The zero-order valence-corrected chi connectivity index (χ0v) is 6.91. The summed E-state index contributed by atoms with van der Waals surface area (Å²) < 4.78 is 20.9. The zero-order valence-electron chi connectivity index (χ0n) is 6.10. The van der Waals surface area contributed by atoms with Crippen LogP contribution in [0.2, 0.25) is 0 Å². The molecule has 12 heavy (non-hydrogen) atoms. The van der Waals surface area contributed by atoms with Gasteiger partial charge in [-0.25, -0.2) is 4.79 Å². The summed E-state index contributed by atoms with van der Waals surface area (Å²) >= 11 is -2.21. The monoisotopic (exact) mass is 184 g/mol. The van der Waals surface area contributed by atoms with Gasteiger partial charge in [0.25, 0.3) is 0 Å². The van der Waals surface area contributed by atoms with Gasteiger partial charge < -0.3 is 4.55 Å². The summed E-state index contributed by atoms with van der Waals surface area (Å²) in [6.07, 6.45) is 6.35. The van der Waals surface area contributed by atoms with Gasteiger partial charge in [-0.15, -0.1) is 0 Å². The molecule has 64 valence electrons. The number of rotatable bonds is 2. The van der Waals surface area contributed by atoms with Crippen molar-refractivity contribution < 1.29 is 13.6 Å². The van der Waals surface area contributed by atoms with E-state index < -0.39 is 11.1 Å². The zero-order chi connectivity index (χ0) is 8.97. The normalized spacial score (nSPS) is 24.1. The SMILES string of the molecule is O=C=NC1C=CC=C(S(=O)[O-])C1. The average Bonchev–Trinajstić information content (AvgIpc) is 2.05. The number of carbonyl (C=O) groups excluding carboxylic acids is 1. The van der Waals surface area contributed by atoms with Crippen molar-refractivity contribution in [2.45, 2.75) is 12.5 Å². The Morgan fingerprint density at radius 3 is 3.08 bits per heavy atom. The Labute approximate surface area is 72.0 Å². The molecule has 5 heteroatoms. The predicted octanol–water partition coefficient (Wildman–Crippen LogP) is 0.414. The summed E-state index contributed by atoms with van der Waals surface area (Å²) in [6.45, 7) is 0. The molecule has 0 aromatic carbocycles. The van der Waals surface area contributed by atoms with Gasteiger partial charge in [-0.2, -0.15) is 4.99 Å². The second kappa shape index (κ2) is 4.11. The Bertz CT molecular complexity index is 302. The molecule has 0 aromatic heterocycles. The molecular formula is C7H6NO3S-. The first-order valence-electron chi connectivity index (χ1n) is 3.27. The van der Waals surface area contributed by atoms with Crippen molar-refractivity contribution in [3.8, 4) is 0 Å². The van der Waals surface area contributed by atoms with Gasteiger partial charge in [0.2, 0.25) is 6.08 Å². The van der Waals surface area contributed by atoms with Crippen LogP contribution in [0.25, 0.3) is 0 Å². The third-order valence-electron chi connectivity index (χ3n) is 1.46. The van der Waals surface area contributed by atoms with Crippen molar-refractivity contribution in [1.82, 2.24) is 0 Å². The summed E-state index contributed by atoms with van der Waals surface area (Å²) in [4.78, 5) is 13.5. The molecular weight excluding hydrogens is 178 g/mol. The lowest BCUT2D eigenvalue weighted by atomic mass is 10.1. The third kappa shape index (κ3) is 2.23. The van der Waals surface area contributed by atoms with E-state index in [2.05, 4.69) is 4.99 Å². The van der Waals surface area contributed by atoms with Gasteiger partial charge in [0.1, 0.15) is 0 Å². The Morgan fingerprint density at radius 2 is 2.50 bits per heavy atom. The maximum atomic E-state index is 10.5. The van der Waals surface area contributed by atoms with Crippen LogP contribution in [0.5, 0.6) is 0 Å². The van der Waals surface area contributed by atoms with Crippen LogP contribution in [-0.4, -0.2) is 20.9 Å². The standard InChI is InChI=1S/C7H7NO3S/c9-5-8-6-2-1-3-7(4-6)12(10)11/h1-3,6H,4H2,(H,10,11)/p-1. The largest absolute Gasteiger partial charge is 0.769 e. The second-order valence-corrected chi connectivity index (χ2v) is 3.24. The molecule has 0 N–H and O–H groups in total. The van der Waals surface area contributed by atoms with E-state index >= 15 is 0 Å². The van der Waals surface area contributed by atoms with Crippen LogP contribution in [0.4, 0.5) is 0 Å². The molecule has 1 aliphatic rings. The Hall–Kier alpha value is -1.03. The van der Waals surface area contributed by atoms with Gasteiger partial charge >= 0.3 is 0 Å². The van der Waals surface area contributed by atoms with Gasteiger partial charge in [-0.05, 0) is 11.1 Å². The average molecular weight is 184 g/mol. The topological polar surface area (TPSA) is 69.6 Å². The second-order valence-electron chi connectivity index (χ2n) is 2.24. The summed E-state index contributed by atoms with van der Waals surface area (Å²) in [5, 5.41) is 0. The van der Waals surface area contributed by atoms with E-state index in [1.807, 2.05) is 0 Å². The Balaban J connectivity index is 2.73. The maximum Gasteiger partial charge on any atom is 0.235 e. The molecule has 0 saturated carbocycles. The van der Waals surface area contributed by atoms with Crippen molar-refractivity contribution in [2.75, 3.05) is 0 Å².